The van der Waals surface area contributed by atoms with E-state index in [0.717, 1.165) is 19.6 Å². The van der Waals surface area contributed by atoms with E-state index in [0.29, 0.717) is 13.0 Å². The van der Waals surface area contributed by atoms with Gasteiger partial charge < -0.3 is 20.3 Å². The Morgan fingerprint density at radius 3 is 2.71 bits per heavy atom. The lowest BCUT2D eigenvalue weighted by molar-refractivity contribution is -0.138. The fourth-order valence-electron chi connectivity index (χ4n) is 2.75. The number of rotatable bonds is 5. The molecule has 0 bridgehead atoms. The van der Waals surface area contributed by atoms with Gasteiger partial charge in [0, 0.05) is 33.3 Å². The third-order valence-corrected chi connectivity index (χ3v) is 4.09. The van der Waals surface area contributed by atoms with Crippen LogP contribution in [0.1, 0.15) is 18.0 Å². The molecule has 1 aromatic rings. The van der Waals surface area contributed by atoms with Crippen LogP contribution in [0.25, 0.3) is 0 Å². The Kier molecular flexibility index (Phi) is 5.73. The van der Waals surface area contributed by atoms with Gasteiger partial charge in [0.05, 0.1) is 18.6 Å². The Bertz CT molecular complexity index is 448. The van der Waals surface area contributed by atoms with E-state index in [4.69, 9.17) is 10.5 Å². The molecule has 1 saturated heterocycles. The molecule has 1 aliphatic rings. The molecular formula is C16H25N3O2. The quantitative estimate of drug-likeness (QED) is 0.874. The van der Waals surface area contributed by atoms with Crippen LogP contribution in [0.3, 0.4) is 0 Å². The number of nitrogens with two attached hydrogens (primary N) is 1. The Balaban J connectivity index is 2.13. The van der Waals surface area contributed by atoms with Crippen molar-refractivity contribution in [2.75, 3.05) is 40.3 Å². The van der Waals surface area contributed by atoms with Crippen molar-refractivity contribution in [2.45, 2.75) is 18.6 Å². The van der Waals surface area contributed by atoms with E-state index in [2.05, 4.69) is 24.1 Å². The molecule has 1 aromatic carbocycles. The van der Waals surface area contributed by atoms with Gasteiger partial charge in [-0.15, -0.1) is 0 Å². The van der Waals surface area contributed by atoms with E-state index in [-0.39, 0.29) is 18.1 Å². The maximum Gasteiger partial charge on any atom is 0.225 e. The summed E-state index contributed by atoms with van der Waals surface area (Å²) in [5, 5.41) is 0. The van der Waals surface area contributed by atoms with Gasteiger partial charge in [-0.1, -0.05) is 30.3 Å². The van der Waals surface area contributed by atoms with Crippen LogP contribution in [-0.2, 0) is 9.53 Å². The van der Waals surface area contributed by atoms with Gasteiger partial charge in [-0.05, 0) is 12.6 Å². The Labute approximate surface area is 126 Å². The van der Waals surface area contributed by atoms with Crippen molar-refractivity contribution in [3.8, 4) is 0 Å². The van der Waals surface area contributed by atoms with Gasteiger partial charge in [0.1, 0.15) is 0 Å². The number of benzene rings is 1. The number of carbonyl (C=O) groups excluding carboxylic acids is 1. The summed E-state index contributed by atoms with van der Waals surface area (Å²) in [5.74, 6) is 0.120. The monoisotopic (exact) mass is 291 g/mol. The van der Waals surface area contributed by atoms with Crippen LogP contribution in [0.2, 0.25) is 0 Å². The largest absolute Gasteiger partial charge is 0.380 e. The van der Waals surface area contributed by atoms with Crippen LogP contribution in [0.15, 0.2) is 30.3 Å². The van der Waals surface area contributed by atoms with Gasteiger partial charge in [-0.25, -0.2) is 0 Å². The number of piperazine rings is 1. The molecule has 1 amide bonds. The molecule has 2 atom stereocenters. The summed E-state index contributed by atoms with van der Waals surface area (Å²) in [5.41, 5.74) is 6.80. The minimum Gasteiger partial charge on any atom is -0.380 e. The number of hydrogen-bond donors (Lipinski definition) is 1. The maximum absolute atomic E-state index is 12.6. The van der Waals surface area contributed by atoms with E-state index in [1.165, 1.54) is 5.56 Å². The minimum absolute atomic E-state index is 0.104. The first-order valence-electron chi connectivity index (χ1n) is 7.41. The topological polar surface area (TPSA) is 58.8 Å². The van der Waals surface area contributed by atoms with Gasteiger partial charge in [-0.3, -0.25) is 4.79 Å². The molecule has 0 aliphatic carbocycles. The fraction of sp³-hybridized carbons (Fsp3) is 0.562. The number of likely N-dealkylation sites (N-methyl/N-ethyl adjacent to an activating group) is 1. The van der Waals surface area contributed by atoms with Crippen molar-refractivity contribution < 1.29 is 9.53 Å². The molecule has 5 heteroatoms. The molecule has 0 aromatic heterocycles. The molecule has 0 saturated carbocycles. The zero-order valence-electron chi connectivity index (χ0n) is 12.9. The van der Waals surface area contributed by atoms with Crippen LogP contribution in [0, 0.1) is 0 Å². The zero-order chi connectivity index (χ0) is 15.2. The molecule has 0 radical (unpaired) electrons. The Morgan fingerprint density at radius 2 is 2.10 bits per heavy atom. The van der Waals surface area contributed by atoms with Crippen molar-refractivity contribution in [1.29, 1.82) is 0 Å². The second kappa shape index (κ2) is 7.54. The van der Waals surface area contributed by atoms with E-state index >= 15 is 0 Å². The van der Waals surface area contributed by atoms with Crippen LogP contribution in [0.4, 0.5) is 0 Å². The van der Waals surface area contributed by atoms with Gasteiger partial charge in [0.25, 0.3) is 0 Å². The summed E-state index contributed by atoms with van der Waals surface area (Å²) in [6, 6.07) is 10.3. The van der Waals surface area contributed by atoms with E-state index < -0.39 is 0 Å². The molecule has 0 spiro atoms. The highest BCUT2D eigenvalue weighted by Gasteiger charge is 2.30. The number of ether oxygens (including phenoxy) is 1. The summed E-state index contributed by atoms with van der Waals surface area (Å²) in [6.07, 6.45) is 0.147. The zero-order valence-corrected chi connectivity index (χ0v) is 12.9. The minimum atomic E-state index is -0.200. The molecule has 116 valence electrons. The standard InChI is InChI=1S/C16H25N3O2/c1-18-8-9-19(16(20)10-14(11-17)21-2)15(12-18)13-6-4-3-5-7-13/h3-7,14-15H,8-12,17H2,1-2H3. The summed E-state index contributed by atoms with van der Waals surface area (Å²) >= 11 is 0. The van der Waals surface area contributed by atoms with Crippen LogP contribution < -0.4 is 5.73 Å². The SMILES string of the molecule is COC(CN)CC(=O)N1CCN(C)CC1c1ccccc1. The average Bonchev–Trinajstić information content (AvgIpc) is 2.53. The first-order valence-corrected chi connectivity index (χ1v) is 7.41. The summed E-state index contributed by atoms with van der Waals surface area (Å²) < 4.78 is 5.24. The van der Waals surface area contributed by atoms with Crippen molar-refractivity contribution >= 4 is 5.91 Å². The average molecular weight is 291 g/mol. The second-order valence-corrected chi connectivity index (χ2v) is 5.57. The van der Waals surface area contributed by atoms with Crippen molar-refractivity contribution in [1.82, 2.24) is 9.80 Å². The molecule has 1 heterocycles. The number of amides is 1. The van der Waals surface area contributed by atoms with E-state index in [1.807, 2.05) is 23.1 Å². The Morgan fingerprint density at radius 1 is 1.38 bits per heavy atom. The molecule has 21 heavy (non-hydrogen) atoms. The first kappa shape index (κ1) is 15.9. The number of methoxy groups -OCH3 is 1. The van der Waals surface area contributed by atoms with E-state index in [9.17, 15) is 4.79 Å². The highest BCUT2D eigenvalue weighted by Crippen LogP contribution is 2.25. The van der Waals surface area contributed by atoms with E-state index in [1.54, 1.807) is 7.11 Å². The second-order valence-electron chi connectivity index (χ2n) is 5.57. The Hall–Kier alpha value is -1.43. The highest BCUT2D eigenvalue weighted by molar-refractivity contribution is 5.77. The molecule has 2 rings (SSSR count). The first-order chi connectivity index (χ1) is 10.2. The van der Waals surface area contributed by atoms with Crippen molar-refractivity contribution in [2.24, 2.45) is 5.73 Å². The van der Waals surface area contributed by atoms with Crippen LogP contribution in [0.5, 0.6) is 0 Å². The fourth-order valence-corrected chi connectivity index (χ4v) is 2.75. The lowest BCUT2D eigenvalue weighted by Gasteiger charge is -2.40. The molecule has 2 N–H and O–H groups in total. The smallest absolute Gasteiger partial charge is 0.225 e. The number of hydrogen-bond acceptors (Lipinski definition) is 4. The van der Waals surface area contributed by atoms with Gasteiger partial charge in [-0.2, -0.15) is 0 Å². The molecule has 2 unspecified atom stereocenters. The third-order valence-electron chi connectivity index (χ3n) is 4.09. The van der Waals surface area contributed by atoms with Gasteiger partial charge in [0.15, 0.2) is 0 Å². The molecule has 1 aliphatic heterocycles. The third kappa shape index (κ3) is 4.03. The van der Waals surface area contributed by atoms with Crippen LogP contribution in [-0.4, -0.2) is 62.1 Å². The number of nitrogens with zero attached hydrogens (tertiary/aromatic N) is 2. The summed E-state index contributed by atoms with van der Waals surface area (Å²) in [6.45, 7) is 2.87. The van der Waals surface area contributed by atoms with Gasteiger partial charge in [0.2, 0.25) is 5.91 Å². The predicted molar refractivity (Wildman–Crippen MR) is 82.9 cm³/mol. The lowest BCUT2D eigenvalue weighted by Crippen LogP contribution is -2.50. The lowest BCUT2D eigenvalue weighted by atomic mass is 10.0. The summed E-state index contributed by atoms with van der Waals surface area (Å²) in [4.78, 5) is 16.8. The normalized spacial score (nSPS) is 21.3. The maximum atomic E-state index is 12.6. The number of carbonyl (C=O) groups is 1. The van der Waals surface area contributed by atoms with Crippen molar-refractivity contribution in [3.05, 3.63) is 35.9 Å². The highest BCUT2D eigenvalue weighted by atomic mass is 16.5. The van der Waals surface area contributed by atoms with Crippen LogP contribution >= 0.6 is 0 Å². The molecular weight excluding hydrogens is 266 g/mol. The molecule has 5 nitrogen and oxygen atoms in total. The summed E-state index contributed by atoms with van der Waals surface area (Å²) in [7, 11) is 3.69. The van der Waals surface area contributed by atoms with Crippen molar-refractivity contribution in [3.63, 3.8) is 0 Å². The predicted octanol–water partition coefficient (Wildman–Crippen LogP) is 0.866. The van der Waals surface area contributed by atoms with Gasteiger partial charge >= 0.3 is 0 Å². The molecule has 1 fully saturated rings.